The van der Waals surface area contributed by atoms with Gasteiger partial charge in [-0.2, -0.15) is 0 Å². The first-order chi connectivity index (χ1) is 30.8. The summed E-state index contributed by atoms with van der Waals surface area (Å²) in [6, 6.07) is 78.0. The number of rotatable bonds is 6. The number of fused-ring (bicyclic) bond motifs is 10. The molecule has 0 radical (unpaired) electrons. The lowest BCUT2D eigenvalue weighted by Crippen LogP contribution is -2.03. The maximum absolute atomic E-state index is 4.86. The molecule has 6 heteroatoms. The molecule has 0 spiro atoms. The quantitative estimate of drug-likeness (QED) is 0.168. The average Bonchev–Trinajstić information content (AvgIpc) is 4.11. The average molecular weight is 793 g/mol. The maximum atomic E-state index is 4.86. The van der Waals surface area contributed by atoms with E-state index in [9.17, 15) is 0 Å². The normalized spacial score (nSPS) is 11.9. The van der Waals surface area contributed by atoms with E-state index in [0.29, 0.717) is 0 Å². The standard InChI is InChI=1S/C56H36N6/c1-4-19-37(20-5-1)54-56(62(58-57-54)39-23-8-3-9-24-39)44-28-18-34-50-52(44)42-26-11-14-30-46(42)60(50)48-32-16-17-33-49(48)61-47-31-15-12-27-43(47)53-51(61)36-35-41-40-25-10-13-29-45(40)59(55(41)53)38-21-6-2-7-22-38/h1-36H. The van der Waals surface area contributed by atoms with E-state index in [1.165, 1.54) is 32.6 Å². The van der Waals surface area contributed by atoms with Crippen LogP contribution in [0.3, 0.4) is 0 Å². The van der Waals surface area contributed by atoms with Crippen molar-refractivity contribution >= 4 is 65.4 Å². The number of hydrogen-bond acceptors (Lipinski definition) is 2. The van der Waals surface area contributed by atoms with Crippen molar-refractivity contribution in [3.63, 3.8) is 0 Å². The molecule has 62 heavy (non-hydrogen) atoms. The van der Waals surface area contributed by atoms with Crippen LogP contribution in [0.15, 0.2) is 218 Å². The zero-order valence-electron chi connectivity index (χ0n) is 33.5. The van der Waals surface area contributed by atoms with Crippen molar-refractivity contribution in [1.82, 2.24) is 28.7 Å². The molecule has 9 aromatic carbocycles. The summed E-state index contributed by atoms with van der Waals surface area (Å²) in [5.74, 6) is 0. The molecule has 0 amide bonds. The van der Waals surface area contributed by atoms with Crippen LogP contribution in [0, 0.1) is 0 Å². The Bertz CT molecular complexity index is 3790. The Balaban J connectivity index is 1.12. The van der Waals surface area contributed by atoms with E-state index in [1.807, 2.05) is 28.9 Å². The smallest absolute Gasteiger partial charge is 0.121 e. The first-order valence-electron chi connectivity index (χ1n) is 21.0. The van der Waals surface area contributed by atoms with Gasteiger partial charge >= 0.3 is 0 Å². The Morgan fingerprint density at radius 2 is 0.823 bits per heavy atom. The van der Waals surface area contributed by atoms with Gasteiger partial charge in [-0.05, 0) is 66.7 Å². The van der Waals surface area contributed by atoms with Gasteiger partial charge in [-0.3, -0.25) is 0 Å². The van der Waals surface area contributed by atoms with Gasteiger partial charge in [0.1, 0.15) is 11.4 Å². The highest BCUT2D eigenvalue weighted by Gasteiger charge is 2.26. The second-order valence-electron chi connectivity index (χ2n) is 15.8. The van der Waals surface area contributed by atoms with E-state index in [1.54, 1.807) is 0 Å². The van der Waals surface area contributed by atoms with Crippen LogP contribution in [0.4, 0.5) is 0 Å². The number of aromatic nitrogens is 6. The lowest BCUT2D eigenvalue weighted by molar-refractivity contribution is 0.809. The van der Waals surface area contributed by atoms with Gasteiger partial charge in [-0.25, -0.2) is 4.68 Å². The van der Waals surface area contributed by atoms with Gasteiger partial charge in [-0.15, -0.1) is 5.10 Å². The lowest BCUT2D eigenvalue weighted by atomic mass is 9.99. The molecule has 13 aromatic rings. The number of hydrogen-bond donors (Lipinski definition) is 0. The van der Waals surface area contributed by atoms with Crippen LogP contribution in [-0.4, -0.2) is 28.7 Å². The summed E-state index contributed by atoms with van der Waals surface area (Å²) >= 11 is 0. The molecule has 0 saturated carbocycles. The molecule has 0 bridgehead atoms. The molecule has 13 rings (SSSR count). The van der Waals surface area contributed by atoms with Gasteiger partial charge in [0.05, 0.1) is 50.2 Å². The van der Waals surface area contributed by atoms with Crippen molar-refractivity contribution in [2.24, 2.45) is 0 Å². The van der Waals surface area contributed by atoms with Gasteiger partial charge in [0.25, 0.3) is 0 Å². The summed E-state index contributed by atoms with van der Waals surface area (Å²) in [7, 11) is 0. The topological polar surface area (TPSA) is 45.5 Å². The van der Waals surface area contributed by atoms with Crippen molar-refractivity contribution in [2.75, 3.05) is 0 Å². The van der Waals surface area contributed by atoms with Gasteiger partial charge < -0.3 is 13.7 Å². The Hall–Kier alpha value is -8.48. The summed E-state index contributed by atoms with van der Waals surface area (Å²) in [6.07, 6.45) is 0. The van der Waals surface area contributed by atoms with Gasteiger partial charge in [0.15, 0.2) is 0 Å². The van der Waals surface area contributed by atoms with E-state index in [-0.39, 0.29) is 0 Å². The third kappa shape index (κ3) is 4.92. The molecule has 0 aliphatic rings. The molecule has 290 valence electrons. The Kier molecular flexibility index (Phi) is 7.50. The van der Waals surface area contributed by atoms with Crippen LogP contribution in [0.1, 0.15) is 0 Å². The third-order valence-corrected chi connectivity index (χ3v) is 12.5. The highest BCUT2D eigenvalue weighted by molar-refractivity contribution is 6.26. The van der Waals surface area contributed by atoms with Crippen molar-refractivity contribution in [1.29, 1.82) is 0 Å². The van der Waals surface area contributed by atoms with E-state index >= 15 is 0 Å². The predicted molar refractivity (Wildman–Crippen MR) is 255 cm³/mol. The molecule has 0 atom stereocenters. The summed E-state index contributed by atoms with van der Waals surface area (Å²) in [6.45, 7) is 0. The van der Waals surface area contributed by atoms with E-state index in [4.69, 9.17) is 10.3 Å². The molecule has 4 aromatic heterocycles. The minimum Gasteiger partial charge on any atom is -0.309 e. The first kappa shape index (κ1) is 34.4. The number of nitrogens with zero attached hydrogens (tertiary/aromatic N) is 6. The third-order valence-electron chi connectivity index (χ3n) is 12.5. The van der Waals surface area contributed by atoms with Gasteiger partial charge in [0.2, 0.25) is 0 Å². The highest BCUT2D eigenvalue weighted by Crippen LogP contribution is 2.45. The fraction of sp³-hybridized carbons (Fsp3) is 0. The van der Waals surface area contributed by atoms with Crippen molar-refractivity contribution in [2.45, 2.75) is 0 Å². The predicted octanol–water partition coefficient (Wildman–Crippen LogP) is 13.9. The molecular formula is C56H36N6. The van der Waals surface area contributed by atoms with E-state index in [0.717, 1.165) is 78.1 Å². The first-order valence-corrected chi connectivity index (χ1v) is 21.0. The Labute approximate surface area is 356 Å². The molecule has 0 aliphatic heterocycles. The van der Waals surface area contributed by atoms with Crippen molar-refractivity contribution in [3.8, 4) is 45.3 Å². The van der Waals surface area contributed by atoms with Crippen LogP contribution < -0.4 is 0 Å². The summed E-state index contributed by atoms with van der Waals surface area (Å²) < 4.78 is 9.36. The number of benzene rings is 9. The van der Waals surface area contributed by atoms with Crippen molar-refractivity contribution < 1.29 is 0 Å². The lowest BCUT2D eigenvalue weighted by Gasteiger charge is -2.17. The minimum atomic E-state index is 0.837. The molecule has 0 aliphatic carbocycles. The molecule has 0 saturated heterocycles. The summed E-state index contributed by atoms with van der Waals surface area (Å²) in [5, 5.41) is 16.9. The monoisotopic (exact) mass is 792 g/mol. The molecule has 0 fully saturated rings. The number of para-hydroxylation sites is 7. The summed E-state index contributed by atoms with van der Waals surface area (Å²) in [5.41, 5.74) is 15.1. The Morgan fingerprint density at radius 1 is 0.323 bits per heavy atom. The van der Waals surface area contributed by atoms with Crippen LogP contribution in [0.5, 0.6) is 0 Å². The second kappa shape index (κ2) is 13.5. The minimum absolute atomic E-state index is 0.837. The van der Waals surface area contributed by atoms with E-state index < -0.39 is 0 Å². The maximum Gasteiger partial charge on any atom is 0.121 e. The second-order valence-corrected chi connectivity index (χ2v) is 15.8. The van der Waals surface area contributed by atoms with Crippen LogP contribution in [0.25, 0.3) is 111 Å². The van der Waals surface area contributed by atoms with Crippen LogP contribution in [0.2, 0.25) is 0 Å². The molecular weight excluding hydrogens is 757 g/mol. The zero-order chi connectivity index (χ0) is 40.7. The van der Waals surface area contributed by atoms with Gasteiger partial charge in [-0.1, -0.05) is 157 Å². The summed E-state index contributed by atoms with van der Waals surface area (Å²) in [4.78, 5) is 0. The van der Waals surface area contributed by atoms with Gasteiger partial charge in [0, 0.05) is 49.1 Å². The van der Waals surface area contributed by atoms with Crippen molar-refractivity contribution in [3.05, 3.63) is 218 Å². The molecule has 0 unspecified atom stereocenters. The fourth-order valence-corrected chi connectivity index (χ4v) is 10.00. The molecule has 0 N–H and O–H groups in total. The SMILES string of the molecule is c1ccc(-c2nnn(-c3ccccc3)c2-c2cccc3c2c2ccccc2n3-c2ccccc2-n2c3ccccc3c3c2ccc2c4ccccc4n(-c4ccccc4)c23)cc1. The van der Waals surface area contributed by atoms with Crippen LogP contribution in [-0.2, 0) is 0 Å². The largest absolute Gasteiger partial charge is 0.309 e. The molecule has 6 nitrogen and oxygen atoms in total. The zero-order valence-corrected chi connectivity index (χ0v) is 33.5. The Morgan fingerprint density at radius 3 is 1.48 bits per heavy atom. The molecule has 4 heterocycles. The highest BCUT2D eigenvalue weighted by atomic mass is 15.4. The van der Waals surface area contributed by atoms with Crippen LogP contribution >= 0.6 is 0 Å². The van der Waals surface area contributed by atoms with E-state index in [2.05, 4.69) is 208 Å². The fourth-order valence-electron chi connectivity index (χ4n) is 10.00.